The van der Waals surface area contributed by atoms with Crippen LogP contribution in [0.2, 0.25) is 4.47 Å². The number of alkyl halides is 6. The van der Waals surface area contributed by atoms with Crippen LogP contribution in [0.15, 0.2) is 30.5 Å². The molecule has 0 saturated heterocycles. The topological polar surface area (TPSA) is 45.1 Å². The maximum Gasteiger partial charge on any atom is 0.430 e. The zero-order valence-corrected chi connectivity index (χ0v) is 13.1. The first-order valence-electron chi connectivity index (χ1n) is 6.25. The molecule has 0 spiro atoms. The van der Waals surface area contributed by atoms with Gasteiger partial charge in [0.05, 0.1) is 6.54 Å². The van der Waals surface area contributed by atoms with Gasteiger partial charge in [0.2, 0.25) is 0 Å². The van der Waals surface area contributed by atoms with E-state index in [0.29, 0.717) is 16.6 Å². The molecule has 11 heteroatoms. The number of hydrogen-bond acceptors (Lipinski definition) is 4. The summed E-state index contributed by atoms with van der Waals surface area (Å²) in [5.74, 6) is 0. The largest absolute Gasteiger partial charge is 0.430 e. The summed E-state index contributed by atoms with van der Waals surface area (Å²) < 4.78 is 76.8. The molecule has 0 fully saturated rings. The van der Waals surface area contributed by atoms with Gasteiger partial charge in [0.15, 0.2) is 4.47 Å². The van der Waals surface area contributed by atoms with Crippen molar-refractivity contribution in [1.82, 2.24) is 4.98 Å². The smallest absolute Gasteiger partial charge is 0.380 e. The second kappa shape index (κ2) is 6.41. The molecule has 0 unspecified atom stereocenters. The molecule has 24 heavy (non-hydrogen) atoms. The predicted molar refractivity (Wildman–Crippen MR) is 76.9 cm³/mol. The zero-order chi connectivity index (χ0) is 18.2. The molecule has 0 atom stereocenters. The highest BCUT2D eigenvalue weighted by Gasteiger charge is 2.71. The Hall–Kier alpha value is -1.52. The highest BCUT2D eigenvalue weighted by Crippen LogP contribution is 2.50. The number of halogens is 7. The summed E-state index contributed by atoms with van der Waals surface area (Å²) in [6.45, 7) is 0.243. The minimum Gasteiger partial charge on any atom is -0.380 e. The van der Waals surface area contributed by atoms with Crippen LogP contribution in [-0.4, -0.2) is 22.4 Å². The lowest BCUT2D eigenvalue weighted by Gasteiger charge is -2.32. The number of thiazole rings is 1. The molecule has 1 heterocycles. The van der Waals surface area contributed by atoms with E-state index in [1.54, 1.807) is 0 Å². The summed E-state index contributed by atoms with van der Waals surface area (Å²) in [4.78, 5) is 4.52. The van der Waals surface area contributed by atoms with Gasteiger partial charge in [-0.05, 0) is 12.1 Å². The summed E-state index contributed by atoms with van der Waals surface area (Å²) in [6, 6.07) is 3.17. The number of hydrogen-bond donors (Lipinski definition) is 2. The first kappa shape index (κ1) is 18.8. The average Bonchev–Trinajstić information content (AvgIpc) is 2.88. The molecular formula is C13H9ClF6N2OS. The maximum atomic E-state index is 12.8. The molecule has 0 aliphatic carbocycles. The Bertz CT molecular complexity index is 684. The van der Waals surface area contributed by atoms with E-state index in [1.165, 1.54) is 17.5 Å². The van der Waals surface area contributed by atoms with Crippen molar-refractivity contribution >= 4 is 28.6 Å². The van der Waals surface area contributed by atoms with Gasteiger partial charge in [-0.2, -0.15) is 26.3 Å². The van der Waals surface area contributed by atoms with Gasteiger partial charge in [0.1, 0.15) is 0 Å². The van der Waals surface area contributed by atoms with Crippen molar-refractivity contribution in [2.24, 2.45) is 0 Å². The quantitative estimate of drug-likeness (QED) is 0.742. The lowest BCUT2D eigenvalue weighted by Crippen LogP contribution is -2.53. The van der Waals surface area contributed by atoms with Crippen LogP contribution in [0, 0.1) is 0 Å². The van der Waals surface area contributed by atoms with E-state index in [1.807, 2.05) is 0 Å². The summed E-state index contributed by atoms with van der Waals surface area (Å²) in [5, 5.41) is 12.1. The van der Waals surface area contributed by atoms with Crippen molar-refractivity contribution in [3.05, 3.63) is 45.4 Å². The van der Waals surface area contributed by atoms with E-state index in [9.17, 15) is 31.4 Å². The number of benzene rings is 1. The van der Waals surface area contributed by atoms with Crippen LogP contribution >= 0.6 is 22.9 Å². The second-order valence-electron chi connectivity index (χ2n) is 4.72. The van der Waals surface area contributed by atoms with Gasteiger partial charge in [-0.3, -0.25) is 0 Å². The first-order valence-corrected chi connectivity index (χ1v) is 7.45. The molecule has 1 aromatic carbocycles. The number of rotatable bonds is 4. The molecular weight excluding hydrogens is 382 g/mol. The van der Waals surface area contributed by atoms with Gasteiger partial charge in [-0.1, -0.05) is 23.7 Å². The van der Waals surface area contributed by atoms with Crippen molar-refractivity contribution in [1.29, 1.82) is 0 Å². The lowest BCUT2D eigenvalue weighted by molar-refractivity contribution is -0.376. The Balaban J connectivity index is 2.21. The van der Waals surface area contributed by atoms with Crippen LogP contribution in [0.3, 0.4) is 0 Å². The summed E-state index contributed by atoms with van der Waals surface area (Å²) in [5.41, 5.74) is -5.96. The minimum absolute atomic E-state index is 0.243. The molecule has 2 rings (SSSR count). The van der Waals surface area contributed by atoms with Crippen molar-refractivity contribution in [3.8, 4) is 0 Å². The molecule has 0 saturated carbocycles. The van der Waals surface area contributed by atoms with Gasteiger partial charge in [0.25, 0.3) is 5.60 Å². The number of nitrogens with zero attached hydrogens (tertiary/aromatic N) is 1. The van der Waals surface area contributed by atoms with E-state index < -0.39 is 23.5 Å². The molecule has 0 aliphatic heterocycles. The molecule has 1 aromatic heterocycles. The summed E-state index contributed by atoms with van der Waals surface area (Å²) >= 11 is 6.81. The van der Waals surface area contributed by atoms with Crippen LogP contribution in [0.4, 0.5) is 32.0 Å². The molecule has 2 N–H and O–H groups in total. The fourth-order valence-electron chi connectivity index (χ4n) is 1.87. The molecule has 3 nitrogen and oxygen atoms in total. The molecule has 2 aromatic rings. The third-order valence-electron chi connectivity index (χ3n) is 3.12. The number of anilines is 1. The van der Waals surface area contributed by atoms with Crippen LogP contribution in [-0.2, 0) is 12.1 Å². The third-order valence-corrected chi connectivity index (χ3v) is 4.23. The summed E-state index contributed by atoms with van der Waals surface area (Å²) in [6.07, 6.45) is -10.3. The third kappa shape index (κ3) is 3.60. The fourth-order valence-corrected chi connectivity index (χ4v) is 2.79. The fraction of sp³-hybridized carbons (Fsp3) is 0.308. The average molecular weight is 391 g/mol. The standard InChI is InChI=1S/C13H9ClF6N2OS/c14-10-22-6-9(24-10)5-21-8-3-1-7(2-4-8)11(23,12(15,16)17)13(18,19)20/h1-4,6,21,23H,5H2. The number of aromatic nitrogens is 1. The monoisotopic (exact) mass is 390 g/mol. The normalized spacial score (nSPS) is 13.2. The van der Waals surface area contributed by atoms with Crippen LogP contribution in [0.5, 0.6) is 0 Å². The molecule has 132 valence electrons. The molecule has 0 amide bonds. The highest BCUT2D eigenvalue weighted by molar-refractivity contribution is 7.15. The van der Waals surface area contributed by atoms with Crippen molar-refractivity contribution in [3.63, 3.8) is 0 Å². The Morgan fingerprint density at radius 2 is 1.58 bits per heavy atom. The number of nitrogens with one attached hydrogen (secondary N) is 1. The maximum absolute atomic E-state index is 12.8. The SMILES string of the molecule is OC(c1ccc(NCc2cnc(Cl)s2)cc1)(C(F)(F)F)C(F)(F)F. The Morgan fingerprint density at radius 1 is 1.04 bits per heavy atom. The van der Waals surface area contributed by atoms with E-state index in [4.69, 9.17) is 11.6 Å². The number of aliphatic hydroxyl groups is 1. The lowest BCUT2D eigenvalue weighted by atomic mass is 9.92. The molecule has 0 bridgehead atoms. The van der Waals surface area contributed by atoms with E-state index in [0.717, 1.165) is 17.0 Å². The van der Waals surface area contributed by atoms with Gasteiger partial charge in [-0.25, -0.2) is 4.98 Å². The van der Waals surface area contributed by atoms with E-state index in [-0.39, 0.29) is 12.2 Å². The van der Waals surface area contributed by atoms with Crippen molar-refractivity contribution in [2.75, 3.05) is 5.32 Å². The predicted octanol–water partition coefficient (Wildman–Crippen LogP) is 4.72. The van der Waals surface area contributed by atoms with Crippen molar-refractivity contribution < 1.29 is 31.4 Å². The van der Waals surface area contributed by atoms with Gasteiger partial charge < -0.3 is 10.4 Å². The van der Waals surface area contributed by atoms with E-state index in [2.05, 4.69) is 10.3 Å². The van der Waals surface area contributed by atoms with E-state index >= 15 is 0 Å². The Morgan fingerprint density at radius 3 is 2.00 bits per heavy atom. The minimum atomic E-state index is -5.90. The van der Waals surface area contributed by atoms with Gasteiger partial charge in [-0.15, -0.1) is 11.3 Å². The Labute approximate surface area is 140 Å². The van der Waals surface area contributed by atoms with Crippen molar-refractivity contribution in [2.45, 2.75) is 24.5 Å². The van der Waals surface area contributed by atoms with Gasteiger partial charge >= 0.3 is 12.4 Å². The first-order chi connectivity index (χ1) is 10.9. The van der Waals surface area contributed by atoms with Crippen LogP contribution in [0.25, 0.3) is 0 Å². The Kier molecular flexibility index (Phi) is 5.03. The molecule has 0 aliphatic rings. The highest BCUT2D eigenvalue weighted by atomic mass is 35.5. The van der Waals surface area contributed by atoms with Crippen LogP contribution < -0.4 is 5.32 Å². The molecule has 0 radical (unpaired) electrons. The second-order valence-corrected chi connectivity index (χ2v) is 6.41. The zero-order valence-electron chi connectivity index (χ0n) is 11.5. The van der Waals surface area contributed by atoms with Gasteiger partial charge in [0, 0.05) is 22.3 Å². The summed E-state index contributed by atoms with van der Waals surface area (Å²) in [7, 11) is 0. The van der Waals surface area contributed by atoms with Crippen LogP contribution in [0.1, 0.15) is 10.4 Å².